The van der Waals surface area contributed by atoms with Crippen LogP contribution in [0.25, 0.3) is 0 Å². The molecule has 1 aromatic rings. The van der Waals surface area contributed by atoms with Crippen LogP contribution in [-0.4, -0.2) is 27.1 Å². The molecule has 0 N–H and O–H groups in total. The van der Waals surface area contributed by atoms with Gasteiger partial charge in [-0.2, -0.15) is 0 Å². The van der Waals surface area contributed by atoms with Gasteiger partial charge in [0.05, 0.1) is 27.6 Å². The number of allylic oxidation sites excluding steroid dienone is 1. The van der Waals surface area contributed by atoms with E-state index >= 15 is 0 Å². The largest absolute Gasteiger partial charge is 0.504 e. The lowest BCUT2D eigenvalue weighted by atomic mass is 9.45. The van der Waals surface area contributed by atoms with Crippen molar-refractivity contribution >= 4 is 5.78 Å². The second-order valence-corrected chi connectivity index (χ2v) is 9.77. The summed E-state index contributed by atoms with van der Waals surface area (Å²) in [6.45, 7) is 9.27. The van der Waals surface area contributed by atoms with Crippen molar-refractivity contribution in [1.82, 2.24) is 0 Å². The van der Waals surface area contributed by atoms with Gasteiger partial charge in [-0.05, 0) is 59.6 Å². The molecule has 0 spiro atoms. The maximum Gasteiger partial charge on any atom is 0.167 e. The van der Waals surface area contributed by atoms with E-state index in [1.807, 2.05) is 24.5 Å². The van der Waals surface area contributed by atoms with Gasteiger partial charge >= 0.3 is 0 Å². The zero-order valence-corrected chi connectivity index (χ0v) is 19.0. The molecule has 0 aromatic heterocycles. The van der Waals surface area contributed by atoms with Gasteiger partial charge in [0.1, 0.15) is 11.5 Å². The van der Waals surface area contributed by atoms with Gasteiger partial charge in [0.15, 0.2) is 5.78 Å². The third-order valence-corrected chi connectivity index (χ3v) is 7.70. The van der Waals surface area contributed by atoms with Crippen molar-refractivity contribution in [2.75, 3.05) is 21.3 Å². The van der Waals surface area contributed by atoms with Crippen molar-refractivity contribution in [2.24, 2.45) is 28.6 Å². The molecule has 29 heavy (non-hydrogen) atoms. The van der Waals surface area contributed by atoms with Crippen LogP contribution in [0.1, 0.15) is 63.7 Å². The molecule has 4 nitrogen and oxygen atoms in total. The van der Waals surface area contributed by atoms with Gasteiger partial charge in [-0.3, -0.25) is 4.79 Å². The summed E-state index contributed by atoms with van der Waals surface area (Å²) in [4.78, 5) is 14.0. The highest BCUT2D eigenvalue weighted by molar-refractivity contribution is 5.99. The molecule has 0 heterocycles. The number of ether oxygens (including phenoxy) is 3. The molecular formula is C25H36O4. The normalized spacial score (nSPS) is 32.4. The Morgan fingerprint density at radius 1 is 1.03 bits per heavy atom. The fraction of sp³-hybridized carbons (Fsp3) is 0.640. The summed E-state index contributed by atoms with van der Waals surface area (Å²) in [5.74, 6) is 1.96. The first-order valence-corrected chi connectivity index (χ1v) is 10.7. The van der Waals surface area contributed by atoms with Gasteiger partial charge in [0, 0.05) is 17.5 Å². The molecule has 0 bridgehead atoms. The Morgan fingerprint density at radius 3 is 2.21 bits per heavy atom. The van der Waals surface area contributed by atoms with Gasteiger partial charge in [-0.15, -0.1) is 0 Å². The summed E-state index contributed by atoms with van der Waals surface area (Å²) in [6, 6.07) is 5.50. The lowest BCUT2D eigenvalue weighted by Gasteiger charge is -2.59. The molecule has 3 rings (SSSR count). The van der Waals surface area contributed by atoms with Gasteiger partial charge in [0.2, 0.25) is 0 Å². The van der Waals surface area contributed by atoms with Crippen LogP contribution < -0.4 is 9.47 Å². The lowest BCUT2D eigenvalue weighted by Crippen LogP contribution is -2.54. The minimum Gasteiger partial charge on any atom is -0.504 e. The molecule has 0 aliphatic heterocycles. The number of benzene rings is 1. The van der Waals surface area contributed by atoms with Crippen molar-refractivity contribution < 1.29 is 19.0 Å². The quantitative estimate of drug-likeness (QED) is 0.455. The van der Waals surface area contributed by atoms with Gasteiger partial charge in [-0.25, -0.2) is 0 Å². The van der Waals surface area contributed by atoms with Crippen LogP contribution in [0, 0.1) is 28.6 Å². The Labute approximate surface area is 175 Å². The highest BCUT2D eigenvalue weighted by Crippen LogP contribution is 2.62. The van der Waals surface area contributed by atoms with E-state index in [9.17, 15) is 4.79 Å². The number of fused-ring (bicyclic) bond motifs is 1. The first-order valence-electron chi connectivity index (χ1n) is 10.7. The smallest absolute Gasteiger partial charge is 0.167 e. The van der Waals surface area contributed by atoms with Gasteiger partial charge in [-0.1, -0.05) is 34.1 Å². The monoisotopic (exact) mass is 400 g/mol. The van der Waals surface area contributed by atoms with E-state index in [0.29, 0.717) is 23.0 Å². The van der Waals surface area contributed by atoms with E-state index in [4.69, 9.17) is 14.2 Å². The van der Waals surface area contributed by atoms with Gasteiger partial charge < -0.3 is 14.2 Å². The summed E-state index contributed by atoms with van der Waals surface area (Å²) in [5.41, 5.74) is 2.07. The molecule has 0 saturated heterocycles. The molecule has 0 unspecified atom stereocenters. The number of carbonyl (C=O) groups excluding carboxylic acids is 1. The fourth-order valence-electron chi connectivity index (χ4n) is 6.22. The van der Waals surface area contributed by atoms with Crippen LogP contribution in [0.15, 0.2) is 30.0 Å². The third-order valence-electron chi connectivity index (χ3n) is 7.70. The number of hydrogen-bond acceptors (Lipinski definition) is 4. The van der Waals surface area contributed by atoms with Crippen LogP contribution in [0.2, 0.25) is 0 Å². The number of methoxy groups -OCH3 is 3. The lowest BCUT2D eigenvalue weighted by molar-refractivity contribution is -0.0624. The molecule has 2 saturated carbocycles. The van der Waals surface area contributed by atoms with E-state index in [0.717, 1.165) is 12.8 Å². The second-order valence-electron chi connectivity index (χ2n) is 9.77. The average Bonchev–Trinajstić information content (AvgIpc) is 2.68. The van der Waals surface area contributed by atoms with Gasteiger partial charge in [0.25, 0.3) is 0 Å². The topological polar surface area (TPSA) is 44.8 Å². The molecule has 2 fully saturated rings. The fourth-order valence-corrected chi connectivity index (χ4v) is 6.22. The number of carbonyl (C=O) groups is 1. The Balaban J connectivity index is 2.11. The predicted molar refractivity (Wildman–Crippen MR) is 115 cm³/mol. The summed E-state index contributed by atoms with van der Waals surface area (Å²) < 4.78 is 16.3. The summed E-state index contributed by atoms with van der Waals surface area (Å²) >= 11 is 0. The van der Waals surface area contributed by atoms with Crippen LogP contribution >= 0.6 is 0 Å². The minimum atomic E-state index is -0.0981. The predicted octanol–water partition coefficient (Wildman–Crippen LogP) is 5.91. The van der Waals surface area contributed by atoms with Crippen molar-refractivity contribution in [3.05, 3.63) is 35.6 Å². The second kappa shape index (κ2) is 8.04. The minimum absolute atomic E-state index is 0.0420. The van der Waals surface area contributed by atoms with Crippen LogP contribution in [-0.2, 0) is 4.74 Å². The number of rotatable bonds is 5. The molecular weight excluding hydrogens is 364 g/mol. The molecule has 160 valence electrons. The first kappa shape index (κ1) is 21.7. The highest BCUT2D eigenvalue weighted by atomic mass is 16.5. The molecule has 2 aliphatic carbocycles. The van der Waals surface area contributed by atoms with Crippen molar-refractivity contribution in [3.63, 3.8) is 0 Å². The number of hydrogen-bond donors (Lipinski definition) is 0. The van der Waals surface area contributed by atoms with E-state index in [2.05, 4.69) is 27.7 Å². The van der Waals surface area contributed by atoms with Crippen LogP contribution in [0.5, 0.6) is 11.5 Å². The zero-order valence-electron chi connectivity index (χ0n) is 19.0. The number of ketones is 1. The van der Waals surface area contributed by atoms with E-state index in [1.165, 1.54) is 18.4 Å². The number of Topliss-reactive ketones (excluding diaryl/α,β-unsaturated/α-hetero) is 1. The molecule has 1 aromatic carbocycles. The summed E-state index contributed by atoms with van der Waals surface area (Å²) in [5, 5.41) is 0. The van der Waals surface area contributed by atoms with Crippen molar-refractivity contribution in [3.8, 4) is 11.5 Å². The Hall–Kier alpha value is -1.97. The molecule has 0 radical (unpaired) electrons. The maximum absolute atomic E-state index is 14.0. The Kier molecular flexibility index (Phi) is 6.03. The molecule has 4 heteroatoms. The van der Waals surface area contributed by atoms with Crippen LogP contribution in [0.4, 0.5) is 0 Å². The summed E-state index contributed by atoms with van der Waals surface area (Å²) in [7, 11) is 4.93. The standard InChI is InChI=1S/C25H36O4/c1-16-18(15-27-5)13-21-24(2,3)9-8-10-25(21,4)22(16)23(26)17-11-19(28-6)14-20(12-17)29-7/h11-12,14-16,21-22H,8-10,13H2,1-7H3/t16-,21+,22-,25+/m1/s1. The molecule has 0 amide bonds. The van der Waals surface area contributed by atoms with E-state index < -0.39 is 0 Å². The van der Waals surface area contributed by atoms with Crippen molar-refractivity contribution in [2.45, 2.75) is 53.4 Å². The highest BCUT2D eigenvalue weighted by Gasteiger charge is 2.57. The Bertz CT molecular complexity index is 772. The maximum atomic E-state index is 14.0. The SMILES string of the molecule is COC=C1C[C@H]2C(C)(C)CCC[C@]2(C)[C@@H](C(=O)c2cc(OC)cc(OC)c2)[C@@H]1C. The molecule has 4 atom stereocenters. The third kappa shape index (κ3) is 3.78. The first-order chi connectivity index (χ1) is 13.7. The van der Waals surface area contributed by atoms with E-state index in [1.54, 1.807) is 21.3 Å². The van der Waals surface area contributed by atoms with E-state index in [-0.39, 0.29) is 28.4 Å². The summed E-state index contributed by atoms with van der Waals surface area (Å²) in [6.07, 6.45) is 6.34. The van der Waals surface area contributed by atoms with Crippen LogP contribution in [0.3, 0.4) is 0 Å². The molecule has 2 aliphatic rings. The Morgan fingerprint density at radius 2 is 1.66 bits per heavy atom. The average molecular weight is 401 g/mol. The van der Waals surface area contributed by atoms with Crippen molar-refractivity contribution in [1.29, 1.82) is 0 Å². The zero-order chi connectivity index (χ0) is 21.4.